The molecule has 0 fully saturated rings. The normalized spacial score (nSPS) is 12.7. The molecule has 0 saturated carbocycles. The maximum atomic E-state index is 10.1. The highest BCUT2D eigenvalue weighted by molar-refractivity contribution is 6.64. The summed E-state index contributed by atoms with van der Waals surface area (Å²) < 4.78 is 0. The van der Waals surface area contributed by atoms with Crippen molar-refractivity contribution >= 4 is 16.8 Å². The molecule has 0 aliphatic carbocycles. The van der Waals surface area contributed by atoms with E-state index in [9.17, 15) is 14.9 Å². The highest BCUT2D eigenvalue weighted by Crippen LogP contribution is 1.99. The molecule has 0 bridgehead atoms. The molecule has 0 saturated heterocycles. The van der Waals surface area contributed by atoms with E-state index in [4.69, 9.17) is 11.6 Å². The quantitative estimate of drug-likeness (QED) is 0.341. The summed E-state index contributed by atoms with van der Waals surface area (Å²) in [7, 11) is 0. The summed E-state index contributed by atoms with van der Waals surface area (Å²) in [6, 6.07) is -1.23. The first kappa shape index (κ1) is 8.36. The molecule has 0 N–H and O–H groups in total. The SMILES string of the molecule is CCC(C(=O)Cl)[N+](=O)[O-]. The number of nitro groups is 1. The lowest BCUT2D eigenvalue weighted by atomic mass is 10.3. The van der Waals surface area contributed by atoms with Crippen LogP contribution in [0.1, 0.15) is 13.3 Å². The van der Waals surface area contributed by atoms with Crippen LogP contribution in [0, 0.1) is 10.1 Å². The summed E-state index contributed by atoms with van der Waals surface area (Å²) >= 11 is 4.86. The van der Waals surface area contributed by atoms with Crippen LogP contribution in [0.3, 0.4) is 0 Å². The van der Waals surface area contributed by atoms with Crippen molar-refractivity contribution in [3.8, 4) is 0 Å². The van der Waals surface area contributed by atoms with Gasteiger partial charge in [0.25, 0.3) is 11.3 Å². The number of hydrogen-bond donors (Lipinski definition) is 0. The summed E-state index contributed by atoms with van der Waals surface area (Å²) in [5.74, 6) is 0. The number of halogens is 1. The smallest absolute Gasteiger partial charge is 0.273 e. The van der Waals surface area contributed by atoms with Gasteiger partial charge >= 0.3 is 0 Å². The van der Waals surface area contributed by atoms with Gasteiger partial charge in [-0.2, -0.15) is 0 Å². The number of carbonyl (C=O) groups is 1. The van der Waals surface area contributed by atoms with Crippen LogP contribution in [-0.2, 0) is 4.79 Å². The van der Waals surface area contributed by atoms with Crippen LogP contribution in [0.15, 0.2) is 0 Å². The first-order valence-corrected chi connectivity index (χ1v) is 2.80. The van der Waals surface area contributed by atoms with Gasteiger partial charge in [-0.1, -0.05) is 6.92 Å². The van der Waals surface area contributed by atoms with Crippen molar-refractivity contribution in [2.24, 2.45) is 0 Å². The van der Waals surface area contributed by atoms with Crippen molar-refractivity contribution in [2.45, 2.75) is 19.4 Å². The highest BCUT2D eigenvalue weighted by atomic mass is 35.5. The van der Waals surface area contributed by atoms with E-state index < -0.39 is 16.2 Å². The van der Waals surface area contributed by atoms with Gasteiger partial charge in [0, 0.05) is 11.3 Å². The van der Waals surface area contributed by atoms with Gasteiger partial charge in [-0.3, -0.25) is 14.9 Å². The van der Waals surface area contributed by atoms with Crippen molar-refractivity contribution in [2.75, 3.05) is 0 Å². The lowest BCUT2D eigenvalue weighted by Gasteiger charge is -1.97. The number of nitrogens with zero attached hydrogens (tertiary/aromatic N) is 1. The van der Waals surface area contributed by atoms with E-state index in [1.807, 2.05) is 0 Å². The molecule has 0 spiro atoms. The van der Waals surface area contributed by atoms with Crippen LogP contribution in [0.4, 0.5) is 0 Å². The largest absolute Gasteiger partial charge is 0.295 e. The van der Waals surface area contributed by atoms with Gasteiger partial charge in [0.2, 0.25) is 0 Å². The Kier molecular flexibility index (Phi) is 3.16. The van der Waals surface area contributed by atoms with Gasteiger partial charge < -0.3 is 0 Å². The summed E-state index contributed by atoms with van der Waals surface area (Å²) in [6.07, 6.45) is 0.148. The van der Waals surface area contributed by atoms with Crippen LogP contribution < -0.4 is 0 Å². The second kappa shape index (κ2) is 3.40. The Morgan fingerprint density at radius 1 is 1.89 bits per heavy atom. The third kappa shape index (κ3) is 2.41. The van der Waals surface area contributed by atoms with E-state index in [1.54, 1.807) is 0 Å². The fourth-order valence-corrected chi connectivity index (χ4v) is 0.626. The minimum absolute atomic E-state index is 0.148. The Morgan fingerprint density at radius 2 is 2.33 bits per heavy atom. The molecule has 0 heterocycles. The number of hydrogen-bond acceptors (Lipinski definition) is 3. The van der Waals surface area contributed by atoms with E-state index in [1.165, 1.54) is 6.92 Å². The van der Waals surface area contributed by atoms with Gasteiger partial charge in [-0.05, 0) is 11.6 Å². The van der Waals surface area contributed by atoms with E-state index in [2.05, 4.69) is 0 Å². The predicted octanol–water partition coefficient (Wildman–Crippen LogP) is 0.807. The molecule has 0 amide bonds. The Hall–Kier alpha value is -0.640. The standard InChI is InChI=1S/C4H6ClNO3/c1-2-3(4(5)7)6(8)9/h3H,2H2,1H3. The summed E-state index contributed by atoms with van der Waals surface area (Å²) in [5, 5.41) is 8.97. The minimum Gasteiger partial charge on any atom is -0.273 e. The third-order valence-electron chi connectivity index (χ3n) is 0.903. The molecule has 0 aromatic carbocycles. The molecular weight excluding hydrogens is 146 g/mol. The molecule has 0 radical (unpaired) electrons. The zero-order valence-electron chi connectivity index (χ0n) is 4.83. The Labute approximate surface area is 57.0 Å². The van der Waals surface area contributed by atoms with Crippen molar-refractivity contribution < 1.29 is 9.72 Å². The monoisotopic (exact) mass is 151 g/mol. The van der Waals surface area contributed by atoms with Crippen molar-refractivity contribution in [1.29, 1.82) is 0 Å². The molecular formula is C4H6ClNO3. The van der Waals surface area contributed by atoms with Gasteiger partial charge in [-0.15, -0.1) is 0 Å². The Balaban J connectivity index is 3.99. The van der Waals surface area contributed by atoms with Crippen LogP contribution in [0.5, 0.6) is 0 Å². The second-order valence-corrected chi connectivity index (χ2v) is 1.89. The maximum Gasteiger partial charge on any atom is 0.295 e. The molecule has 0 rings (SSSR count). The molecule has 0 aliphatic heterocycles. The van der Waals surface area contributed by atoms with Crippen LogP contribution >= 0.6 is 11.6 Å². The van der Waals surface area contributed by atoms with E-state index in [-0.39, 0.29) is 6.42 Å². The summed E-state index contributed by atoms with van der Waals surface area (Å²) in [4.78, 5) is 19.3. The molecule has 1 atom stereocenters. The lowest BCUT2D eigenvalue weighted by Crippen LogP contribution is -2.24. The minimum atomic E-state index is -1.23. The van der Waals surface area contributed by atoms with Gasteiger partial charge in [0.1, 0.15) is 0 Å². The molecule has 9 heavy (non-hydrogen) atoms. The first-order valence-electron chi connectivity index (χ1n) is 2.42. The fraction of sp³-hybridized carbons (Fsp3) is 0.750. The Bertz CT molecular complexity index is 122. The third-order valence-corrected chi connectivity index (χ3v) is 1.16. The molecule has 52 valence electrons. The van der Waals surface area contributed by atoms with Gasteiger partial charge in [-0.25, -0.2) is 0 Å². The van der Waals surface area contributed by atoms with E-state index in [0.29, 0.717) is 0 Å². The topological polar surface area (TPSA) is 60.2 Å². The fourth-order valence-electron chi connectivity index (χ4n) is 0.392. The van der Waals surface area contributed by atoms with E-state index in [0.717, 1.165) is 0 Å². The molecule has 0 aromatic rings. The zero-order valence-corrected chi connectivity index (χ0v) is 5.59. The van der Waals surface area contributed by atoms with E-state index >= 15 is 0 Å². The van der Waals surface area contributed by atoms with Crippen molar-refractivity contribution in [3.05, 3.63) is 10.1 Å². The molecule has 0 aromatic heterocycles. The number of rotatable bonds is 3. The molecule has 0 aliphatic rings. The van der Waals surface area contributed by atoms with Crippen LogP contribution in [0.25, 0.3) is 0 Å². The van der Waals surface area contributed by atoms with Crippen molar-refractivity contribution in [1.82, 2.24) is 0 Å². The number of carbonyl (C=O) groups excluding carboxylic acids is 1. The average molecular weight is 152 g/mol. The van der Waals surface area contributed by atoms with Crippen molar-refractivity contribution in [3.63, 3.8) is 0 Å². The predicted molar refractivity (Wildman–Crippen MR) is 31.9 cm³/mol. The molecule has 4 nitrogen and oxygen atoms in total. The summed E-state index contributed by atoms with van der Waals surface area (Å²) in [6.45, 7) is 1.54. The first-order chi connectivity index (χ1) is 4.09. The van der Waals surface area contributed by atoms with Gasteiger partial charge in [0.15, 0.2) is 0 Å². The van der Waals surface area contributed by atoms with Gasteiger partial charge in [0.05, 0.1) is 0 Å². The second-order valence-electron chi connectivity index (χ2n) is 1.51. The summed E-state index contributed by atoms with van der Waals surface area (Å²) in [5.41, 5.74) is 0. The van der Waals surface area contributed by atoms with Crippen LogP contribution in [0.2, 0.25) is 0 Å². The average Bonchev–Trinajstić information content (AvgIpc) is 1.64. The Morgan fingerprint density at radius 3 is 2.33 bits per heavy atom. The lowest BCUT2D eigenvalue weighted by molar-refractivity contribution is -0.506. The maximum absolute atomic E-state index is 10.1. The molecule has 5 heteroatoms. The highest BCUT2D eigenvalue weighted by Gasteiger charge is 2.24. The zero-order chi connectivity index (χ0) is 7.44. The van der Waals surface area contributed by atoms with Crippen LogP contribution in [-0.4, -0.2) is 16.2 Å². The molecule has 1 unspecified atom stereocenters.